The first-order chi connectivity index (χ1) is 11.7. The number of ether oxygens (including phenoxy) is 2. The summed E-state index contributed by atoms with van der Waals surface area (Å²) in [6.45, 7) is 5.00. The van der Waals surface area contributed by atoms with E-state index in [0.717, 1.165) is 45.7 Å². The molecule has 0 spiro atoms. The first kappa shape index (κ1) is 17.5. The molecule has 6 heteroatoms. The van der Waals surface area contributed by atoms with Gasteiger partial charge in [0.15, 0.2) is 6.61 Å². The van der Waals surface area contributed by atoms with Gasteiger partial charge in [0.1, 0.15) is 5.75 Å². The number of benzene rings is 1. The molecule has 2 aliphatic rings. The SMILES string of the molecule is O=C(COc1ccccc1Cl)NC1CCN(CC2CCOC2)CC1. The predicted octanol–water partition coefficient (Wildman–Crippen LogP) is 2.34. The maximum Gasteiger partial charge on any atom is 0.258 e. The van der Waals surface area contributed by atoms with Crippen LogP contribution in [0.4, 0.5) is 0 Å². The van der Waals surface area contributed by atoms with Crippen LogP contribution in [0.25, 0.3) is 0 Å². The van der Waals surface area contributed by atoms with E-state index in [0.29, 0.717) is 16.7 Å². The highest BCUT2D eigenvalue weighted by Crippen LogP contribution is 2.23. The molecule has 2 heterocycles. The molecule has 0 bridgehead atoms. The molecule has 3 rings (SSSR count). The van der Waals surface area contributed by atoms with Crippen molar-refractivity contribution in [3.05, 3.63) is 29.3 Å². The van der Waals surface area contributed by atoms with Gasteiger partial charge in [-0.2, -0.15) is 0 Å². The number of piperidine rings is 1. The lowest BCUT2D eigenvalue weighted by atomic mass is 10.0. The van der Waals surface area contributed by atoms with Crippen molar-refractivity contribution >= 4 is 17.5 Å². The number of hydrogen-bond acceptors (Lipinski definition) is 4. The lowest BCUT2D eigenvalue weighted by molar-refractivity contribution is -0.124. The van der Waals surface area contributed by atoms with Gasteiger partial charge in [0, 0.05) is 32.3 Å². The molecule has 2 aliphatic heterocycles. The van der Waals surface area contributed by atoms with Crippen LogP contribution in [-0.2, 0) is 9.53 Å². The van der Waals surface area contributed by atoms with Gasteiger partial charge in [-0.3, -0.25) is 4.79 Å². The Morgan fingerprint density at radius 2 is 2.08 bits per heavy atom. The van der Waals surface area contributed by atoms with Crippen LogP contribution in [0.3, 0.4) is 0 Å². The Balaban J connectivity index is 1.35. The minimum atomic E-state index is -0.0856. The number of para-hydroxylation sites is 1. The van der Waals surface area contributed by atoms with E-state index in [1.165, 1.54) is 6.42 Å². The topological polar surface area (TPSA) is 50.8 Å². The van der Waals surface area contributed by atoms with Gasteiger partial charge in [0.2, 0.25) is 0 Å². The van der Waals surface area contributed by atoms with Crippen molar-refractivity contribution in [2.24, 2.45) is 5.92 Å². The monoisotopic (exact) mass is 352 g/mol. The molecule has 0 saturated carbocycles. The van der Waals surface area contributed by atoms with Gasteiger partial charge < -0.3 is 19.7 Å². The van der Waals surface area contributed by atoms with Gasteiger partial charge in [0.05, 0.1) is 11.6 Å². The fourth-order valence-electron chi connectivity index (χ4n) is 3.33. The summed E-state index contributed by atoms with van der Waals surface area (Å²) in [5.74, 6) is 1.14. The quantitative estimate of drug-likeness (QED) is 0.853. The minimum absolute atomic E-state index is 0.00333. The third-order valence-electron chi connectivity index (χ3n) is 4.69. The van der Waals surface area contributed by atoms with Crippen molar-refractivity contribution in [1.29, 1.82) is 0 Å². The number of nitrogens with zero attached hydrogens (tertiary/aromatic N) is 1. The predicted molar refractivity (Wildman–Crippen MR) is 93.5 cm³/mol. The average molecular weight is 353 g/mol. The second-order valence-electron chi connectivity index (χ2n) is 6.59. The summed E-state index contributed by atoms with van der Waals surface area (Å²) in [5, 5.41) is 3.59. The van der Waals surface area contributed by atoms with Gasteiger partial charge in [-0.25, -0.2) is 0 Å². The second-order valence-corrected chi connectivity index (χ2v) is 7.00. The minimum Gasteiger partial charge on any atom is -0.482 e. The molecule has 0 aromatic heterocycles. The van der Waals surface area contributed by atoms with Gasteiger partial charge in [-0.05, 0) is 37.3 Å². The molecule has 2 fully saturated rings. The summed E-state index contributed by atoms with van der Waals surface area (Å²) in [6, 6.07) is 7.43. The van der Waals surface area contributed by atoms with E-state index in [1.54, 1.807) is 12.1 Å². The first-order valence-corrected chi connectivity index (χ1v) is 9.05. The fourth-order valence-corrected chi connectivity index (χ4v) is 3.52. The molecular weight excluding hydrogens is 328 g/mol. The Labute approximate surface area is 148 Å². The molecule has 5 nitrogen and oxygen atoms in total. The van der Waals surface area contributed by atoms with Crippen molar-refractivity contribution in [2.75, 3.05) is 39.5 Å². The highest BCUT2D eigenvalue weighted by molar-refractivity contribution is 6.32. The van der Waals surface area contributed by atoms with Gasteiger partial charge >= 0.3 is 0 Å². The van der Waals surface area contributed by atoms with Crippen molar-refractivity contribution in [3.8, 4) is 5.75 Å². The number of halogens is 1. The zero-order chi connectivity index (χ0) is 16.8. The van der Waals surface area contributed by atoms with E-state index >= 15 is 0 Å². The van der Waals surface area contributed by atoms with Crippen molar-refractivity contribution < 1.29 is 14.3 Å². The van der Waals surface area contributed by atoms with Crippen LogP contribution in [-0.4, -0.2) is 56.3 Å². The largest absolute Gasteiger partial charge is 0.482 e. The van der Waals surface area contributed by atoms with Crippen LogP contribution in [0, 0.1) is 5.92 Å². The molecule has 1 aromatic rings. The molecular formula is C18H25ClN2O3. The summed E-state index contributed by atoms with van der Waals surface area (Å²) in [5.41, 5.74) is 0. The smallest absolute Gasteiger partial charge is 0.258 e. The number of amides is 1. The summed E-state index contributed by atoms with van der Waals surface area (Å²) in [7, 11) is 0. The Hall–Kier alpha value is -1.30. The standard InChI is InChI=1S/C18H25ClN2O3/c19-16-3-1-2-4-17(16)24-13-18(22)20-15-5-8-21(9-6-15)11-14-7-10-23-12-14/h1-4,14-15H,5-13H2,(H,20,22). The van der Waals surface area contributed by atoms with Crippen LogP contribution in [0.5, 0.6) is 5.75 Å². The summed E-state index contributed by atoms with van der Waals surface area (Å²) in [6.07, 6.45) is 3.16. The Bertz CT molecular complexity index is 541. The molecule has 132 valence electrons. The maximum absolute atomic E-state index is 12.0. The Kier molecular flexibility index (Phi) is 6.35. The highest BCUT2D eigenvalue weighted by atomic mass is 35.5. The molecule has 1 N–H and O–H groups in total. The zero-order valence-corrected chi connectivity index (χ0v) is 14.6. The van der Waals surface area contributed by atoms with E-state index in [1.807, 2.05) is 12.1 Å². The highest BCUT2D eigenvalue weighted by Gasteiger charge is 2.24. The number of nitrogens with one attached hydrogen (secondary N) is 1. The third-order valence-corrected chi connectivity index (χ3v) is 5.00. The Morgan fingerprint density at radius 1 is 1.29 bits per heavy atom. The number of hydrogen-bond donors (Lipinski definition) is 1. The van der Waals surface area contributed by atoms with Crippen LogP contribution < -0.4 is 10.1 Å². The van der Waals surface area contributed by atoms with Crippen LogP contribution in [0.15, 0.2) is 24.3 Å². The second kappa shape index (κ2) is 8.70. The normalized spacial score (nSPS) is 22.5. The van der Waals surface area contributed by atoms with E-state index in [-0.39, 0.29) is 18.6 Å². The van der Waals surface area contributed by atoms with Crippen molar-refractivity contribution in [1.82, 2.24) is 10.2 Å². The molecule has 1 unspecified atom stereocenters. The van der Waals surface area contributed by atoms with E-state index < -0.39 is 0 Å². The van der Waals surface area contributed by atoms with Crippen molar-refractivity contribution in [3.63, 3.8) is 0 Å². The first-order valence-electron chi connectivity index (χ1n) is 8.67. The van der Waals surface area contributed by atoms with Crippen LogP contribution >= 0.6 is 11.6 Å². The number of carbonyl (C=O) groups excluding carboxylic acids is 1. The van der Waals surface area contributed by atoms with Crippen LogP contribution in [0.2, 0.25) is 5.02 Å². The summed E-state index contributed by atoms with van der Waals surface area (Å²) >= 11 is 6.01. The van der Waals surface area contributed by atoms with E-state index in [2.05, 4.69) is 10.2 Å². The van der Waals surface area contributed by atoms with Gasteiger partial charge in [0.25, 0.3) is 5.91 Å². The maximum atomic E-state index is 12.0. The summed E-state index contributed by atoms with van der Waals surface area (Å²) in [4.78, 5) is 14.5. The molecule has 24 heavy (non-hydrogen) atoms. The van der Waals surface area contributed by atoms with E-state index in [9.17, 15) is 4.79 Å². The number of rotatable bonds is 6. The van der Waals surface area contributed by atoms with Crippen molar-refractivity contribution in [2.45, 2.75) is 25.3 Å². The lowest BCUT2D eigenvalue weighted by Crippen LogP contribution is -2.46. The molecule has 1 aromatic carbocycles. The molecule has 1 amide bonds. The average Bonchev–Trinajstić information content (AvgIpc) is 3.09. The molecule has 0 aliphatic carbocycles. The van der Waals surface area contributed by atoms with E-state index in [4.69, 9.17) is 21.1 Å². The molecule has 2 saturated heterocycles. The number of carbonyl (C=O) groups is 1. The summed E-state index contributed by atoms with van der Waals surface area (Å²) < 4.78 is 10.9. The Morgan fingerprint density at radius 3 is 2.79 bits per heavy atom. The zero-order valence-electron chi connectivity index (χ0n) is 13.9. The third kappa shape index (κ3) is 5.10. The van der Waals surface area contributed by atoms with Gasteiger partial charge in [-0.15, -0.1) is 0 Å². The van der Waals surface area contributed by atoms with Gasteiger partial charge in [-0.1, -0.05) is 23.7 Å². The number of likely N-dealkylation sites (tertiary alicyclic amines) is 1. The van der Waals surface area contributed by atoms with Crippen LogP contribution in [0.1, 0.15) is 19.3 Å². The fraction of sp³-hybridized carbons (Fsp3) is 0.611. The molecule has 1 atom stereocenters. The lowest BCUT2D eigenvalue weighted by Gasteiger charge is -2.33. The molecule has 0 radical (unpaired) electrons.